The van der Waals surface area contributed by atoms with Crippen LogP contribution in [0.25, 0.3) is 38.7 Å². The van der Waals surface area contributed by atoms with E-state index >= 15 is 8.78 Å². The topological polar surface area (TPSA) is 151 Å². The Kier molecular flexibility index (Phi) is 14.0. The number of H-pyrrole nitrogens is 1. The fraction of sp³-hybridized carbons (Fsp3) is 0.518. The molecule has 1 spiro atoms. The zero-order valence-corrected chi connectivity index (χ0v) is 41.2. The van der Waals surface area contributed by atoms with Crippen molar-refractivity contribution in [3.05, 3.63) is 93.7 Å². The number of nitrogens with zero attached hydrogens (tertiary/aromatic N) is 4. The molecule has 2 aliphatic carbocycles. The normalized spacial score (nSPS) is 22.7. The fourth-order valence-corrected chi connectivity index (χ4v) is 12.1. The number of benzene rings is 3. The molecule has 3 fully saturated rings. The lowest BCUT2D eigenvalue weighted by molar-refractivity contribution is -0.148. The van der Waals surface area contributed by atoms with Crippen LogP contribution < -0.4 is 5.56 Å². The number of fused-ring (bicyclic) bond motifs is 2. The maximum atomic E-state index is 15.1. The zero-order chi connectivity index (χ0) is 49.6. The highest BCUT2D eigenvalue weighted by molar-refractivity contribution is 6.04. The first-order valence-electron chi connectivity index (χ1n) is 25.1. The number of ether oxygens (including phenoxy) is 2. The summed E-state index contributed by atoms with van der Waals surface area (Å²) in [6.45, 7) is 7.30. The predicted octanol–water partition coefficient (Wildman–Crippen LogP) is 9.71. The van der Waals surface area contributed by atoms with Gasteiger partial charge < -0.3 is 24.3 Å². The van der Waals surface area contributed by atoms with Gasteiger partial charge in [0.05, 0.1) is 75.0 Å². The van der Waals surface area contributed by atoms with E-state index in [-0.39, 0.29) is 79.2 Å². The number of aliphatic imine (C=N–C) groups is 1. The largest absolute Gasteiger partial charge is 0.469 e. The Balaban J connectivity index is 0.964. The Morgan fingerprint density at radius 1 is 0.729 bits per heavy atom. The molecule has 14 heteroatoms. The van der Waals surface area contributed by atoms with Crippen molar-refractivity contribution in [1.29, 1.82) is 0 Å². The lowest BCUT2D eigenvalue weighted by Gasteiger charge is -2.33. The Morgan fingerprint density at radius 2 is 1.26 bits per heavy atom. The first-order valence-corrected chi connectivity index (χ1v) is 25.1. The molecule has 2 amide bonds. The summed E-state index contributed by atoms with van der Waals surface area (Å²) >= 11 is 0. The van der Waals surface area contributed by atoms with Gasteiger partial charge in [0, 0.05) is 31.2 Å². The van der Waals surface area contributed by atoms with Gasteiger partial charge in [0.1, 0.15) is 18.2 Å². The number of carbonyl (C=O) groups is 4. The van der Waals surface area contributed by atoms with Gasteiger partial charge in [-0.1, -0.05) is 89.4 Å². The van der Waals surface area contributed by atoms with Crippen LogP contribution in [0.1, 0.15) is 120 Å². The van der Waals surface area contributed by atoms with Crippen LogP contribution in [0.3, 0.4) is 0 Å². The number of hydrogen-bond acceptors (Lipinski definition) is 9. The molecule has 3 aromatic carbocycles. The maximum absolute atomic E-state index is 15.1. The van der Waals surface area contributed by atoms with Gasteiger partial charge in [0.15, 0.2) is 0 Å². The summed E-state index contributed by atoms with van der Waals surface area (Å²) in [6.07, 6.45) is 7.74. The van der Waals surface area contributed by atoms with Crippen LogP contribution in [0.5, 0.6) is 0 Å². The Bertz CT molecular complexity index is 2810. The fourth-order valence-electron chi connectivity index (χ4n) is 12.1. The van der Waals surface area contributed by atoms with E-state index in [1.807, 2.05) is 52.1 Å². The van der Waals surface area contributed by atoms with Crippen LogP contribution in [0.15, 0.2) is 70.6 Å². The number of aromatic amines is 1. The molecule has 9 rings (SSSR count). The maximum Gasteiger partial charge on any atom is 0.306 e. The summed E-state index contributed by atoms with van der Waals surface area (Å²) in [7, 11) is 2.58. The molecule has 4 heterocycles. The molecule has 1 aromatic heterocycles. The highest BCUT2D eigenvalue weighted by atomic mass is 19.1. The monoisotopic (exact) mass is 957 g/mol. The summed E-state index contributed by atoms with van der Waals surface area (Å²) in [6, 6.07) is 17.4. The second kappa shape index (κ2) is 20.0. The summed E-state index contributed by atoms with van der Waals surface area (Å²) < 4.78 is 39.9. The number of alkyl halides is 2. The summed E-state index contributed by atoms with van der Waals surface area (Å²) in [5.41, 5.74) is 9.93. The third kappa shape index (κ3) is 9.59. The first-order chi connectivity index (χ1) is 33.6. The quantitative estimate of drug-likeness (QED) is 0.130. The molecule has 1 saturated carbocycles. The molecule has 0 bridgehead atoms. The highest BCUT2D eigenvalue weighted by Crippen LogP contribution is 2.52. The van der Waals surface area contributed by atoms with Crippen LogP contribution >= 0.6 is 0 Å². The van der Waals surface area contributed by atoms with E-state index in [1.54, 1.807) is 4.90 Å². The molecule has 2 saturated heterocycles. The molecule has 1 N–H and O–H groups in total. The van der Waals surface area contributed by atoms with E-state index < -0.39 is 48.2 Å². The van der Waals surface area contributed by atoms with Crippen molar-refractivity contribution in [3.8, 4) is 22.3 Å². The lowest BCUT2D eigenvalue weighted by atomic mass is 9.72. The average Bonchev–Trinajstić information content (AvgIpc) is 4.17. The number of likely N-dealkylation sites (tertiary alicyclic amines) is 2. The Labute approximate surface area is 408 Å². The number of carbonyl (C=O) groups excluding carboxylic acids is 4. The number of allylic oxidation sites excluding steroid dienone is 1. The number of aromatic nitrogens is 2. The third-order valence-electron chi connectivity index (χ3n) is 16.0. The number of hydrogen-bond donors (Lipinski definition) is 1. The molecule has 0 radical (unpaired) electrons. The minimum Gasteiger partial charge on any atom is -0.469 e. The molecular formula is C56H65F2N5O7. The number of nitrogens with one attached hydrogen (secondary N) is 1. The molecule has 370 valence electrons. The van der Waals surface area contributed by atoms with Crippen molar-refractivity contribution in [2.75, 3.05) is 27.3 Å². The van der Waals surface area contributed by atoms with E-state index in [1.165, 1.54) is 55.1 Å². The average molecular weight is 958 g/mol. The van der Waals surface area contributed by atoms with Gasteiger partial charge in [-0.25, -0.2) is 13.8 Å². The lowest BCUT2D eigenvalue weighted by Crippen LogP contribution is -2.45. The highest BCUT2D eigenvalue weighted by Gasteiger charge is 2.45. The van der Waals surface area contributed by atoms with Crippen molar-refractivity contribution in [2.45, 2.75) is 129 Å². The molecule has 70 heavy (non-hydrogen) atoms. The molecule has 5 aliphatic rings. The van der Waals surface area contributed by atoms with Gasteiger partial charge in [0.25, 0.3) is 5.56 Å². The van der Waals surface area contributed by atoms with Crippen molar-refractivity contribution >= 4 is 45.9 Å². The van der Waals surface area contributed by atoms with Crippen molar-refractivity contribution in [3.63, 3.8) is 0 Å². The van der Waals surface area contributed by atoms with Gasteiger partial charge in [-0.05, 0) is 99.6 Å². The number of rotatable bonds is 13. The van der Waals surface area contributed by atoms with E-state index in [2.05, 4.69) is 41.4 Å². The molecule has 3 aliphatic heterocycles. The van der Waals surface area contributed by atoms with Crippen molar-refractivity contribution in [1.82, 2.24) is 19.8 Å². The standard InChI is InChI=1S/C56H65F2N5O7/c1-31(2)41(24-50(64)69-5)54(67)62-29-37(57)22-48(62)47-21-36(28-59-47)33-10-12-34(13-11-33)39-15-16-40(45-27-56(26-44(39)45)18-8-7-9-19-56)35-14-17-46-43(20-35)53(66)61-52(60-46)49-23-38(58)30-63(49)55(68)42(32(3)4)25-51(65)70-6/h10-17,20,28,31-32,37-38,41-42,48-49H,7-9,18-19,21-27,29-30H2,1-6H3,(H,60,61,66)/t37-,38+,41+,42+,48-,49+/m1/s1. The van der Waals surface area contributed by atoms with Crippen LogP contribution in [-0.2, 0) is 41.5 Å². The van der Waals surface area contributed by atoms with E-state index in [0.29, 0.717) is 17.3 Å². The smallest absolute Gasteiger partial charge is 0.306 e. The van der Waals surface area contributed by atoms with Crippen molar-refractivity contribution in [2.24, 2.45) is 34.1 Å². The van der Waals surface area contributed by atoms with E-state index in [4.69, 9.17) is 19.5 Å². The van der Waals surface area contributed by atoms with Crippen molar-refractivity contribution < 1.29 is 37.4 Å². The first kappa shape index (κ1) is 49.0. The van der Waals surface area contributed by atoms with Gasteiger partial charge in [-0.3, -0.25) is 29.0 Å². The van der Waals surface area contributed by atoms with E-state index in [9.17, 15) is 24.0 Å². The van der Waals surface area contributed by atoms with Gasteiger partial charge in [-0.15, -0.1) is 0 Å². The molecule has 4 aromatic rings. The second-order valence-electron chi connectivity index (χ2n) is 21.2. The van der Waals surface area contributed by atoms with Crippen LogP contribution in [0.2, 0.25) is 0 Å². The molecule has 6 atom stereocenters. The van der Waals surface area contributed by atoms with Gasteiger partial charge in [0.2, 0.25) is 11.8 Å². The molecule has 0 unspecified atom stereocenters. The number of amides is 2. The van der Waals surface area contributed by atoms with Crippen LogP contribution in [0, 0.1) is 29.1 Å². The second-order valence-corrected chi connectivity index (χ2v) is 21.2. The Morgan fingerprint density at radius 3 is 1.83 bits per heavy atom. The third-order valence-corrected chi connectivity index (χ3v) is 16.0. The van der Waals surface area contributed by atoms with Crippen LogP contribution in [-0.4, -0.2) is 94.9 Å². The Hall–Kier alpha value is -6.05. The molecule has 12 nitrogen and oxygen atoms in total. The summed E-state index contributed by atoms with van der Waals surface area (Å²) in [5.74, 6) is -2.99. The number of methoxy groups -OCH3 is 2. The minimum absolute atomic E-state index is 0.0112. The van der Waals surface area contributed by atoms with E-state index in [0.717, 1.165) is 59.2 Å². The number of halogens is 2. The van der Waals surface area contributed by atoms with Crippen LogP contribution in [0.4, 0.5) is 8.78 Å². The zero-order valence-electron chi connectivity index (χ0n) is 41.2. The summed E-state index contributed by atoms with van der Waals surface area (Å²) in [4.78, 5) is 81.5. The molecular weight excluding hydrogens is 893 g/mol. The SMILES string of the molecule is COC(=O)C[C@H](C(=O)N1C[C@H](F)C[C@@H]1C1=NC=C(c2ccc(-c3ccc(-c4ccc5nc([C@@H]6C[C@H](F)CN6C(=O)[C@@H](CC(=O)OC)C(C)C)[nH]c(=O)c5c4)c4c3CC3(CCCCC3)C4)cc2)C1)C(C)C. The van der Waals surface area contributed by atoms with Gasteiger partial charge >= 0.3 is 11.9 Å². The van der Waals surface area contributed by atoms with Gasteiger partial charge in [-0.2, -0.15) is 0 Å². The number of esters is 2. The minimum atomic E-state index is -1.31. The summed E-state index contributed by atoms with van der Waals surface area (Å²) in [5, 5.41) is 0.405. The predicted molar refractivity (Wildman–Crippen MR) is 265 cm³/mol.